The number of amides is 2. The summed E-state index contributed by atoms with van der Waals surface area (Å²) in [5, 5.41) is 11.9. The van der Waals surface area contributed by atoms with Crippen LogP contribution in [0.3, 0.4) is 0 Å². The Morgan fingerprint density at radius 1 is 0.742 bits per heavy atom. The van der Waals surface area contributed by atoms with Crippen molar-refractivity contribution in [1.29, 1.82) is 0 Å². The lowest BCUT2D eigenvalue weighted by molar-refractivity contribution is -0.120. The lowest BCUT2D eigenvalue weighted by atomic mass is 10.1. The third-order valence-electron chi connectivity index (χ3n) is 4.69. The molecule has 0 saturated carbocycles. The van der Waals surface area contributed by atoms with E-state index in [9.17, 15) is 9.59 Å². The highest BCUT2D eigenvalue weighted by atomic mass is 35.5. The maximum atomic E-state index is 11.6. The number of nitrogens with one attached hydrogen (secondary N) is 4. The van der Waals surface area contributed by atoms with E-state index in [1.54, 1.807) is 24.5 Å². The van der Waals surface area contributed by atoms with Gasteiger partial charge in [-0.2, -0.15) is 0 Å². The standard InChI is InChI=1S/2C10H13N3O.3ClH/c2*14-10(8-4-6-11-7-8)13-9-3-1-2-5-12-9;;;/h2*1-3,5,8,11H,4,6-7H2,(H,12,13,14);3*1H. The summed E-state index contributed by atoms with van der Waals surface area (Å²) in [5.41, 5.74) is 0. The van der Waals surface area contributed by atoms with Crippen molar-refractivity contribution in [3.63, 3.8) is 0 Å². The Morgan fingerprint density at radius 2 is 1.16 bits per heavy atom. The maximum Gasteiger partial charge on any atom is 0.229 e. The first-order valence-corrected chi connectivity index (χ1v) is 9.57. The SMILES string of the molecule is Cl.Cl.Cl.O=C(Nc1ccccn1)C1CCNC1.O=C(Nc1ccccn1)C1CCNC1. The van der Waals surface area contributed by atoms with Gasteiger partial charge in [-0.25, -0.2) is 9.97 Å². The molecular weight excluding hydrogens is 463 g/mol. The van der Waals surface area contributed by atoms with E-state index < -0.39 is 0 Å². The van der Waals surface area contributed by atoms with Crippen molar-refractivity contribution in [2.45, 2.75) is 12.8 Å². The molecule has 4 heterocycles. The molecule has 2 aliphatic heterocycles. The second-order valence-corrected chi connectivity index (χ2v) is 6.79. The Labute approximate surface area is 201 Å². The highest BCUT2D eigenvalue weighted by Crippen LogP contribution is 2.11. The molecule has 2 unspecified atom stereocenters. The van der Waals surface area contributed by atoms with Gasteiger partial charge in [-0.1, -0.05) is 12.1 Å². The second kappa shape index (κ2) is 15.8. The molecule has 0 aromatic carbocycles. The Bertz CT molecular complexity index is 693. The molecule has 0 spiro atoms. The molecule has 2 saturated heterocycles. The molecule has 31 heavy (non-hydrogen) atoms. The monoisotopic (exact) mass is 490 g/mol. The van der Waals surface area contributed by atoms with E-state index >= 15 is 0 Å². The van der Waals surface area contributed by atoms with Crippen molar-refractivity contribution in [2.24, 2.45) is 11.8 Å². The summed E-state index contributed by atoms with van der Waals surface area (Å²) < 4.78 is 0. The van der Waals surface area contributed by atoms with Crippen molar-refractivity contribution in [2.75, 3.05) is 36.8 Å². The van der Waals surface area contributed by atoms with Gasteiger partial charge in [-0.05, 0) is 50.2 Å². The zero-order chi connectivity index (χ0) is 19.6. The number of halogens is 3. The molecule has 4 rings (SSSR count). The summed E-state index contributed by atoms with van der Waals surface area (Å²) in [6.45, 7) is 3.41. The predicted octanol–water partition coefficient (Wildman–Crippen LogP) is 2.52. The van der Waals surface area contributed by atoms with Crippen LogP contribution in [-0.4, -0.2) is 48.0 Å². The molecule has 2 atom stereocenters. The first-order chi connectivity index (χ1) is 13.7. The molecule has 2 aliphatic rings. The van der Waals surface area contributed by atoms with Gasteiger partial charge in [0.25, 0.3) is 0 Å². The molecule has 0 radical (unpaired) electrons. The molecule has 0 aliphatic carbocycles. The highest BCUT2D eigenvalue weighted by Gasteiger charge is 2.23. The number of carbonyl (C=O) groups excluding carboxylic acids is 2. The molecule has 2 aromatic heterocycles. The van der Waals surface area contributed by atoms with Crippen molar-refractivity contribution in [1.82, 2.24) is 20.6 Å². The Hall–Kier alpha value is -1.97. The van der Waals surface area contributed by atoms with Gasteiger partial charge in [0.15, 0.2) is 0 Å². The molecule has 8 nitrogen and oxygen atoms in total. The number of hydrogen-bond acceptors (Lipinski definition) is 6. The fraction of sp³-hybridized carbons (Fsp3) is 0.400. The van der Waals surface area contributed by atoms with E-state index in [4.69, 9.17) is 0 Å². The van der Waals surface area contributed by atoms with Gasteiger partial charge >= 0.3 is 0 Å². The van der Waals surface area contributed by atoms with E-state index in [1.165, 1.54) is 0 Å². The summed E-state index contributed by atoms with van der Waals surface area (Å²) in [6, 6.07) is 10.9. The zero-order valence-electron chi connectivity index (χ0n) is 17.0. The van der Waals surface area contributed by atoms with Crippen LogP contribution in [-0.2, 0) is 9.59 Å². The van der Waals surface area contributed by atoms with Gasteiger partial charge in [0, 0.05) is 25.5 Å². The zero-order valence-corrected chi connectivity index (χ0v) is 19.4. The Balaban J connectivity index is 0.000000529. The molecule has 2 fully saturated rings. The van der Waals surface area contributed by atoms with Crippen molar-refractivity contribution < 1.29 is 9.59 Å². The van der Waals surface area contributed by atoms with E-state index in [2.05, 4.69) is 31.2 Å². The summed E-state index contributed by atoms with van der Waals surface area (Å²) in [6.07, 6.45) is 5.17. The van der Waals surface area contributed by atoms with Crippen LogP contribution >= 0.6 is 37.2 Å². The molecule has 2 aromatic rings. The second-order valence-electron chi connectivity index (χ2n) is 6.79. The van der Waals surface area contributed by atoms with Gasteiger partial charge in [0.1, 0.15) is 11.6 Å². The van der Waals surface area contributed by atoms with Crippen LogP contribution in [0.5, 0.6) is 0 Å². The number of hydrogen-bond donors (Lipinski definition) is 4. The number of nitrogens with zero attached hydrogens (tertiary/aromatic N) is 2. The van der Waals surface area contributed by atoms with Crippen molar-refractivity contribution in [3.05, 3.63) is 48.8 Å². The van der Waals surface area contributed by atoms with Crippen molar-refractivity contribution >= 4 is 60.7 Å². The maximum absolute atomic E-state index is 11.6. The van der Waals surface area contributed by atoms with Gasteiger partial charge in [-0.3, -0.25) is 9.59 Å². The largest absolute Gasteiger partial charge is 0.316 e. The van der Waals surface area contributed by atoms with Crippen LogP contribution in [0.4, 0.5) is 11.6 Å². The number of carbonyl (C=O) groups is 2. The van der Waals surface area contributed by atoms with Crippen LogP contribution in [0.1, 0.15) is 12.8 Å². The minimum Gasteiger partial charge on any atom is -0.316 e. The minimum absolute atomic E-state index is 0. The number of pyridine rings is 2. The Kier molecular flexibility index (Phi) is 14.8. The van der Waals surface area contributed by atoms with Gasteiger partial charge < -0.3 is 21.3 Å². The smallest absolute Gasteiger partial charge is 0.229 e. The topological polar surface area (TPSA) is 108 Å². The molecule has 2 amide bonds. The number of aromatic nitrogens is 2. The first kappa shape index (κ1) is 29.0. The molecular formula is C20H29Cl3N6O2. The van der Waals surface area contributed by atoms with E-state index in [1.807, 2.05) is 24.3 Å². The molecule has 172 valence electrons. The predicted molar refractivity (Wildman–Crippen MR) is 129 cm³/mol. The van der Waals surface area contributed by atoms with Crippen molar-refractivity contribution in [3.8, 4) is 0 Å². The summed E-state index contributed by atoms with van der Waals surface area (Å²) in [4.78, 5) is 31.3. The fourth-order valence-corrected chi connectivity index (χ4v) is 3.09. The van der Waals surface area contributed by atoms with E-state index in [0.717, 1.165) is 39.0 Å². The first-order valence-electron chi connectivity index (χ1n) is 9.57. The highest BCUT2D eigenvalue weighted by molar-refractivity contribution is 5.92. The molecule has 0 bridgehead atoms. The quantitative estimate of drug-likeness (QED) is 0.523. The van der Waals surface area contributed by atoms with Crippen LogP contribution in [0.15, 0.2) is 48.8 Å². The number of anilines is 2. The lowest BCUT2D eigenvalue weighted by Crippen LogP contribution is -2.24. The summed E-state index contributed by atoms with van der Waals surface area (Å²) in [7, 11) is 0. The van der Waals surface area contributed by atoms with Gasteiger partial charge in [0.2, 0.25) is 11.8 Å². The summed E-state index contributed by atoms with van der Waals surface area (Å²) in [5.74, 6) is 1.57. The van der Waals surface area contributed by atoms with Crippen LogP contribution in [0.25, 0.3) is 0 Å². The van der Waals surface area contributed by atoms with E-state index in [0.29, 0.717) is 11.6 Å². The normalized spacial score (nSPS) is 18.7. The minimum atomic E-state index is 0. The van der Waals surface area contributed by atoms with E-state index in [-0.39, 0.29) is 60.9 Å². The third kappa shape index (κ3) is 9.80. The fourth-order valence-electron chi connectivity index (χ4n) is 3.09. The van der Waals surface area contributed by atoms with Crippen LogP contribution in [0, 0.1) is 11.8 Å². The van der Waals surface area contributed by atoms with Gasteiger partial charge in [-0.15, -0.1) is 37.2 Å². The third-order valence-corrected chi connectivity index (χ3v) is 4.69. The Morgan fingerprint density at radius 3 is 1.45 bits per heavy atom. The average Bonchev–Trinajstić information content (AvgIpc) is 3.44. The lowest BCUT2D eigenvalue weighted by Gasteiger charge is -2.08. The average molecular weight is 492 g/mol. The van der Waals surface area contributed by atoms with Gasteiger partial charge in [0.05, 0.1) is 11.8 Å². The van der Waals surface area contributed by atoms with Crippen LogP contribution < -0.4 is 21.3 Å². The molecule has 11 heteroatoms. The molecule has 4 N–H and O–H groups in total. The summed E-state index contributed by atoms with van der Waals surface area (Å²) >= 11 is 0. The number of rotatable bonds is 4. The van der Waals surface area contributed by atoms with Crippen LogP contribution in [0.2, 0.25) is 0 Å².